The number of carbonyl (C=O) groups excluding carboxylic acids is 1. The van der Waals surface area contributed by atoms with Crippen LogP contribution in [0.15, 0.2) is 35.4 Å². The van der Waals surface area contributed by atoms with Gasteiger partial charge in [-0.3, -0.25) is 24.3 Å². The largest absolute Gasteiger partial charge is 0.496 e. The Balaban J connectivity index is 1.84. The molecule has 2 heterocycles. The van der Waals surface area contributed by atoms with Gasteiger partial charge < -0.3 is 10.1 Å². The van der Waals surface area contributed by atoms with E-state index in [1.807, 2.05) is 6.92 Å². The number of methoxy groups -OCH3 is 1. The number of nitrogens with zero attached hydrogens (tertiary/aromatic N) is 3. The Kier molecular flexibility index (Phi) is 5.17. The molecule has 0 aliphatic carbocycles. The monoisotopic (exact) mass is 388 g/mol. The predicted octanol–water partition coefficient (Wildman–Crippen LogP) is 2.58. The number of hydrogen-bond acceptors (Lipinski definition) is 7. The molecule has 0 aliphatic rings. The maximum Gasteiger partial charge on any atom is 0.296 e. The second kappa shape index (κ2) is 7.54. The van der Waals surface area contributed by atoms with Gasteiger partial charge in [0.25, 0.3) is 11.2 Å². The number of thiophene rings is 1. The highest BCUT2D eigenvalue weighted by atomic mass is 32.1. The van der Waals surface area contributed by atoms with Crippen LogP contribution in [0.1, 0.15) is 11.8 Å². The molecule has 3 aromatic rings. The molecule has 0 spiro atoms. The van der Waals surface area contributed by atoms with Crippen molar-refractivity contribution >= 4 is 38.8 Å². The molecule has 9 nitrogen and oxygen atoms in total. The normalized spacial score (nSPS) is 10.7. The standard InChI is InChI=1S/C17H16N4O5S/c1-3-11-7-12-16(27-11)18-9-20(17(12)23)8-15(22)19-13-5-4-10(26-2)6-14(13)21(24)25/h4-7,9H,3,8H2,1-2H3,(H,19,22). The molecule has 0 radical (unpaired) electrons. The summed E-state index contributed by atoms with van der Waals surface area (Å²) >= 11 is 1.44. The number of aromatic nitrogens is 2. The van der Waals surface area contributed by atoms with Gasteiger partial charge in [-0.15, -0.1) is 11.3 Å². The number of anilines is 1. The average molecular weight is 388 g/mol. The summed E-state index contributed by atoms with van der Waals surface area (Å²) in [6, 6.07) is 5.87. The summed E-state index contributed by atoms with van der Waals surface area (Å²) in [6.45, 7) is 1.68. The van der Waals surface area contributed by atoms with Gasteiger partial charge in [-0.1, -0.05) is 6.92 Å². The fraction of sp³-hybridized carbons (Fsp3) is 0.235. The van der Waals surface area contributed by atoms with Crippen LogP contribution in [0.25, 0.3) is 10.2 Å². The number of amides is 1. The zero-order chi connectivity index (χ0) is 19.6. The van der Waals surface area contributed by atoms with Crippen molar-refractivity contribution in [2.45, 2.75) is 19.9 Å². The Morgan fingerprint density at radius 2 is 2.19 bits per heavy atom. The van der Waals surface area contributed by atoms with Crippen LogP contribution in [-0.2, 0) is 17.8 Å². The molecule has 0 unspecified atom stereocenters. The van der Waals surface area contributed by atoms with Crippen molar-refractivity contribution in [1.82, 2.24) is 9.55 Å². The van der Waals surface area contributed by atoms with Crippen LogP contribution < -0.4 is 15.6 Å². The van der Waals surface area contributed by atoms with Crippen LogP contribution in [0, 0.1) is 10.1 Å². The Hall–Kier alpha value is -3.27. The van der Waals surface area contributed by atoms with Crippen LogP contribution in [0.4, 0.5) is 11.4 Å². The highest BCUT2D eigenvalue weighted by molar-refractivity contribution is 7.18. The lowest BCUT2D eigenvalue weighted by molar-refractivity contribution is -0.384. The van der Waals surface area contributed by atoms with Gasteiger partial charge in [-0.05, 0) is 24.6 Å². The number of nitro groups is 1. The van der Waals surface area contributed by atoms with Gasteiger partial charge in [-0.2, -0.15) is 0 Å². The Labute approximate surface area is 157 Å². The SMILES string of the molecule is CCc1cc2c(=O)n(CC(=O)Nc3ccc(OC)cc3[N+](=O)[O-])cnc2s1. The van der Waals surface area contributed by atoms with Crippen LogP contribution >= 0.6 is 11.3 Å². The molecular formula is C17H16N4O5S. The van der Waals surface area contributed by atoms with Crippen LogP contribution in [0.3, 0.4) is 0 Å². The van der Waals surface area contributed by atoms with Crippen LogP contribution in [0.2, 0.25) is 0 Å². The number of benzene rings is 1. The van der Waals surface area contributed by atoms with E-state index in [1.54, 1.807) is 6.07 Å². The quantitative estimate of drug-likeness (QED) is 0.512. The molecule has 3 rings (SSSR count). The highest BCUT2D eigenvalue weighted by Gasteiger charge is 2.18. The summed E-state index contributed by atoms with van der Waals surface area (Å²) in [5.41, 5.74) is -0.596. The number of carbonyl (C=O) groups is 1. The molecule has 140 valence electrons. The average Bonchev–Trinajstić information content (AvgIpc) is 3.08. The molecule has 0 aliphatic heterocycles. The van der Waals surface area contributed by atoms with Crippen LogP contribution in [0.5, 0.6) is 5.75 Å². The van der Waals surface area contributed by atoms with E-state index in [0.717, 1.165) is 11.3 Å². The Morgan fingerprint density at radius 1 is 1.41 bits per heavy atom. The molecule has 1 aromatic carbocycles. The second-order valence-corrected chi connectivity index (χ2v) is 6.77. The highest BCUT2D eigenvalue weighted by Crippen LogP contribution is 2.29. The van der Waals surface area contributed by atoms with Gasteiger partial charge >= 0.3 is 0 Å². The first-order chi connectivity index (χ1) is 12.9. The zero-order valence-electron chi connectivity index (χ0n) is 14.6. The summed E-state index contributed by atoms with van der Waals surface area (Å²) in [5.74, 6) is -0.271. The minimum atomic E-state index is -0.616. The summed E-state index contributed by atoms with van der Waals surface area (Å²) < 4.78 is 6.14. The van der Waals surface area contributed by atoms with Crippen molar-refractivity contribution < 1.29 is 14.5 Å². The number of rotatable bonds is 6. The molecule has 0 atom stereocenters. The Morgan fingerprint density at radius 3 is 2.85 bits per heavy atom. The molecule has 10 heteroatoms. The molecular weight excluding hydrogens is 372 g/mol. The zero-order valence-corrected chi connectivity index (χ0v) is 15.4. The topological polar surface area (TPSA) is 116 Å². The first kappa shape index (κ1) is 18.5. The molecule has 0 bridgehead atoms. The van der Waals surface area contributed by atoms with E-state index in [2.05, 4.69) is 10.3 Å². The maximum atomic E-state index is 12.5. The van der Waals surface area contributed by atoms with Crippen LogP contribution in [-0.4, -0.2) is 27.5 Å². The lowest BCUT2D eigenvalue weighted by atomic mass is 10.2. The fourth-order valence-electron chi connectivity index (χ4n) is 2.54. The van der Waals surface area contributed by atoms with Gasteiger partial charge in [0.15, 0.2) is 0 Å². The van der Waals surface area contributed by atoms with Crippen molar-refractivity contribution in [2.24, 2.45) is 0 Å². The molecule has 0 fully saturated rings. The fourth-order valence-corrected chi connectivity index (χ4v) is 3.46. The molecule has 27 heavy (non-hydrogen) atoms. The molecule has 1 N–H and O–H groups in total. The lowest BCUT2D eigenvalue weighted by Crippen LogP contribution is -2.27. The van der Waals surface area contributed by atoms with Crippen molar-refractivity contribution in [3.05, 3.63) is 55.9 Å². The molecule has 0 saturated carbocycles. The third kappa shape index (κ3) is 3.80. The molecule has 0 saturated heterocycles. The van der Waals surface area contributed by atoms with Crippen molar-refractivity contribution in [1.29, 1.82) is 0 Å². The Bertz CT molecular complexity index is 1090. The van der Waals surface area contributed by atoms with Crippen molar-refractivity contribution in [3.63, 3.8) is 0 Å². The van der Waals surface area contributed by atoms with Gasteiger partial charge in [0.05, 0.1) is 29.8 Å². The molecule has 2 aromatic heterocycles. The second-order valence-electron chi connectivity index (χ2n) is 5.65. The smallest absolute Gasteiger partial charge is 0.296 e. The van der Waals surface area contributed by atoms with Gasteiger partial charge in [0.1, 0.15) is 22.8 Å². The maximum absolute atomic E-state index is 12.5. The summed E-state index contributed by atoms with van der Waals surface area (Å²) in [4.78, 5) is 41.3. The third-order valence-corrected chi connectivity index (χ3v) is 5.09. The minimum absolute atomic E-state index is 0.0247. The van der Waals surface area contributed by atoms with E-state index in [0.29, 0.717) is 16.0 Å². The van der Waals surface area contributed by atoms with Crippen molar-refractivity contribution in [3.8, 4) is 5.75 Å². The van der Waals surface area contributed by atoms with E-state index < -0.39 is 10.8 Å². The predicted molar refractivity (Wildman–Crippen MR) is 102 cm³/mol. The molecule has 1 amide bonds. The third-order valence-electron chi connectivity index (χ3n) is 3.91. The van der Waals surface area contributed by atoms with Gasteiger partial charge in [0, 0.05) is 4.88 Å². The number of nitrogens with one attached hydrogen (secondary N) is 1. The lowest BCUT2D eigenvalue weighted by Gasteiger charge is -2.08. The first-order valence-corrected chi connectivity index (χ1v) is 8.84. The number of ether oxygens (including phenoxy) is 1. The van der Waals surface area contributed by atoms with Gasteiger partial charge in [-0.25, -0.2) is 4.98 Å². The number of fused-ring (bicyclic) bond motifs is 1. The van der Waals surface area contributed by atoms with Crippen molar-refractivity contribution in [2.75, 3.05) is 12.4 Å². The van der Waals surface area contributed by atoms with E-state index in [-0.39, 0.29) is 23.5 Å². The summed E-state index contributed by atoms with van der Waals surface area (Å²) in [7, 11) is 1.39. The summed E-state index contributed by atoms with van der Waals surface area (Å²) in [5, 5.41) is 14.1. The number of aryl methyl sites for hydroxylation is 1. The minimum Gasteiger partial charge on any atom is -0.496 e. The number of hydrogen-bond donors (Lipinski definition) is 1. The summed E-state index contributed by atoms with van der Waals surface area (Å²) in [6.07, 6.45) is 2.10. The van der Waals surface area contributed by atoms with Gasteiger partial charge in [0.2, 0.25) is 5.91 Å². The van der Waals surface area contributed by atoms with E-state index in [4.69, 9.17) is 4.74 Å². The first-order valence-electron chi connectivity index (χ1n) is 8.03. The number of nitro benzene ring substituents is 1. The van der Waals surface area contributed by atoms with E-state index in [1.165, 1.54) is 47.5 Å². The van der Waals surface area contributed by atoms with E-state index >= 15 is 0 Å². The van der Waals surface area contributed by atoms with E-state index in [9.17, 15) is 19.7 Å².